The van der Waals surface area contributed by atoms with Crippen LogP contribution in [0.2, 0.25) is 0 Å². The molecule has 4 saturated carbocycles. The Bertz CT molecular complexity index is 547. The second kappa shape index (κ2) is 8.79. The largest absolute Gasteiger partial charge is 0.466 e. The van der Waals surface area contributed by atoms with Crippen LogP contribution in [0.3, 0.4) is 0 Å². The molecule has 154 valence electrons. The SMILES string of the molecule is C=CC(=O)OC.CC.CC(C)(C)OC(=O)C1CC2CC1C1C3CCC(C3)C21. The van der Waals surface area contributed by atoms with E-state index in [-0.39, 0.29) is 17.5 Å². The summed E-state index contributed by atoms with van der Waals surface area (Å²) >= 11 is 0. The Morgan fingerprint density at radius 1 is 0.963 bits per heavy atom. The van der Waals surface area contributed by atoms with Crippen LogP contribution >= 0.6 is 0 Å². The predicted octanol–water partition coefficient (Wildman–Crippen LogP) is 5.02. The van der Waals surface area contributed by atoms with E-state index < -0.39 is 5.97 Å². The van der Waals surface area contributed by atoms with E-state index in [0.29, 0.717) is 5.92 Å². The molecule has 0 saturated heterocycles. The van der Waals surface area contributed by atoms with E-state index in [1.165, 1.54) is 32.8 Å². The number of hydrogen-bond acceptors (Lipinski definition) is 4. The fourth-order valence-electron chi connectivity index (χ4n) is 6.30. The Morgan fingerprint density at radius 3 is 2.04 bits per heavy atom. The van der Waals surface area contributed by atoms with E-state index >= 15 is 0 Å². The molecule has 4 aliphatic rings. The van der Waals surface area contributed by atoms with Crippen LogP contribution in [0.5, 0.6) is 0 Å². The molecule has 0 spiro atoms. The minimum absolute atomic E-state index is 0.0984. The van der Waals surface area contributed by atoms with E-state index in [4.69, 9.17) is 4.74 Å². The summed E-state index contributed by atoms with van der Waals surface area (Å²) in [6.07, 6.45) is 7.96. The van der Waals surface area contributed by atoms with Gasteiger partial charge in [0.15, 0.2) is 0 Å². The number of rotatable bonds is 2. The first-order valence-corrected chi connectivity index (χ1v) is 10.7. The molecule has 4 fully saturated rings. The molecule has 4 heteroatoms. The van der Waals surface area contributed by atoms with E-state index in [2.05, 4.69) is 11.3 Å². The van der Waals surface area contributed by atoms with Crippen molar-refractivity contribution in [3.63, 3.8) is 0 Å². The van der Waals surface area contributed by atoms with Crippen LogP contribution in [0.15, 0.2) is 12.7 Å². The Morgan fingerprint density at radius 2 is 1.56 bits per heavy atom. The number of ether oxygens (including phenoxy) is 2. The zero-order chi connectivity index (χ0) is 20.4. The summed E-state index contributed by atoms with van der Waals surface area (Å²) in [6.45, 7) is 13.1. The van der Waals surface area contributed by atoms with Gasteiger partial charge in [-0.25, -0.2) is 4.79 Å². The lowest BCUT2D eigenvalue weighted by molar-refractivity contribution is -0.163. The van der Waals surface area contributed by atoms with E-state index in [0.717, 1.165) is 42.1 Å². The van der Waals surface area contributed by atoms with E-state index in [1.807, 2.05) is 34.6 Å². The van der Waals surface area contributed by atoms with Gasteiger partial charge in [-0.05, 0) is 88.4 Å². The molecule has 4 aliphatic carbocycles. The summed E-state index contributed by atoms with van der Waals surface area (Å²) in [5.74, 6) is 5.29. The quantitative estimate of drug-likeness (QED) is 0.385. The Kier molecular flexibility index (Phi) is 7.15. The van der Waals surface area contributed by atoms with Crippen LogP contribution in [-0.2, 0) is 19.1 Å². The van der Waals surface area contributed by atoms with Crippen molar-refractivity contribution in [2.24, 2.45) is 41.4 Å². The van der Waals surface area contributed by atoms with Crippen LogP contribution < -0.4 is 0 Å². The average molecular weight is 379 g/mol. The summed E-state index contributed by atoms with van der Waals surface area (Å²) in [5, 5.41) is 0. The fraction of sp³-hybridized carbons (Fsp3) is 0.826. The molecule has 0 heterocycles. The third-order valence-corrected chi connectivity index (χ3v) is 6.81. The van der Waals surface area contributed by atoms with Gasteiger partial charge in [-0.3, -0.25) is 4.79 Å². The molecular formula is C23H38O4. The molecule has 0 aromatic heterocycles. The second-order valence-electron chi connectivity index (χ2n) is 9.25. The minimum Gasteiger partial charge on any atom is -0.466 e. The zero-order valence-corrected chi connectivity index (χ0v) is 18.0. The van der Waals surface area contributed by atoms with Gasteiger partial charge in [0, 0.05) is 6.08 Å². The van der Waals surface area contributed by atoms with Gasteiger partial charge in [-0.2, -0.15) is 0 Å². The van der Waals surface area contributed by atoms with Gasteiger partial charge in [-0.15, -0.1) is 0 Å². The summed E-state index contributed by atoms with van der Waals surface area (Å²) in [4.78, 5) is 22.3. The molecular weight excluding hydrogens is 340 g/mol. The van der Waals surface area contributed by atoms with Crippen molar-refractivity contribution in [3.05, 3.63) is 12.7 Å². The van der Waals surface area contributed by atoms with Crippen molar-refractivity contribution < 1.29 is 19.1 Å². The maximum atomic E-state index is 12.4. The van der Waals surface area contributed by atoms with Crippen LogP contribution in [0.4, 0.5) is 0 Å². The van der Waals surface area contributed by atoms with Gasteiger partial charge in [0.1, 0.15) is 5.60 Å². The lowest BCUT2D eigenvalue weighted by atomic mass is 9.67. The van der Waals surface area contributed by atoms with Gasteiger partial charge in [0.25, 0.3) is 0 Å². The molecule has 4 rings (SSSR count). The lowest BCUT2D eigenvalue weighted by Gasteiger charge is -2.38. The smallest absolute Gasteiger partial charge is 0.329 e. The number of esters is 2. The fourth-order valence-corrected chi connectivity index (χ4v) is 6.30. The molecule has 0 N–H and O–H groups in total. The molecule has 0 aromatic carbocycles. The van der Waals surface area contributed by atoms with Crippen LogP contribution in [0, 0.1) is 41.4 Å². The topological polar surface area (TPSA) is 52.6 Å². The van der Waals surface area contributed by atoms with Crippen molar-refractivity contribution in [2.75, 3.05) is 7.11 Å². The number of carbonyl (C=O) groups excluding carboxylic acids is 2. The molecule has 0 amide bonds. The monoisotopic (exact) mass is 378 g/mol. The molecule has 7 unspecified atom stereocenters. The van der Waals surface area contributed by atoms with Gasteiger partial charge in [0.2, 0.25) is 0 Å². The van der Waals surface area contributed by atoms with Gasteiger partial charge in [-0.1, -0.05) is 20.4 Å². The first-order valence-electron chi connectivity index (χ1n) is 10.7. The van der Waals surface area contributed by atoms with E-state index in [1.54, 1.807) is 0 Å². The molecule has 27 heavy (non-hydrogen) atoms. The first-order chi connectivity index (χ1) is 12.7. The summed E-state index contributed by atoms with van der Waals surface area (Å²) < 4.78 is 9.81. The third-order valence-electron chi connectivity index (χ3n) is 6.81. The maximum Gasteiger partial charge on any atom is 0.329 e. The minimum atomic E-state index is -0.394. The zero-order valence-electron chi connectivity index (χ0n) is 18.0. The number of fused-ring (bicyclic) bond motifs is 9. The van der Waals surface area contributed by atoms with Gasteiger partial charge in [0.05, 0.1) is 13.0 Å². The standard InChI is InChI=1S/C17H26O2.C4H6O2.C2H6/c1-17(2,3)19-16(18)13-8-11-7-12(13)15-10-5-4-9(6-10)14(11)15;1-3-4(5)6-2;1-2/h9-15H,4-8H2,1-3H3;3H,1H2,2H3;1-2H3. The highest BCUT2D eigenvalue weighted by atomic mass is 16.6. The van der Waals surface area contributed by atoms with Crippen molar-refractivity contribution in [2.45, 2.75) is 72.3 Å². The molecule has 4 nitrogen and oxygen atoms in total. The highest BCUT2D eigenvalue weighted by Gasteiger charge is 2.63. The molecule has 4 bridgehead atoms. The Balaban J connectivity index is 0.000000283. The lowest BCUT2D eigenvalue weighted by Crippen LogP contribution is -2.38. The summed E-state index contributed by atoms with van der Waals surface area (Å²) in [7, 11) is 1.31. The van der Waals surface area contributed by atoms with Crippen molar-refractivity contribution >= 4 is 11.9 Å². The Labute approximate surface area is 165 Å². The average Bonchev–Trinajstić information content (AvgIpc) is 3.40. The second-order valence-corrected chi connectivity index (χ2v) is 9.25. The van der Waals surface area contributed by atoms with Crippen LogP contribution in [-0.4, -0.2) is 24.6 Å². The first kappa shape index (κ1) is 22.0. The third kappa shape index (κ3) is 4.57. The van der Waals surface area contributed by atoms with Crippen LogP contribution in [0.1, 0.15) is 66.7 Å². The van der Waals surface area contributed by atoms with Crippen molar-refractivity contribution in [1.82, 2.24) is 0 Å². The molecule has 0 aliphatic heterocycles. The Hall–Kier alpha value is -1.32. The maximum absolute atomic E-state index is 12.4. The number of hydrogen-bond donors (Lipinski definition) is 0. The highest BCUT2D eigenvalue weighted by Crippen LogP contribution is 2.68. The molecule has 0 aromatic rings. The van der Waals surface area contributed by atoms with Crippen LogP contribution in [0.25, 0.3) is 0 Å². The van der Waals surface area contributed by atoms with Crippen molar-refractivity contribution in [3.8, 4) is 0 Å². The molecule has 0 radical (unpaired) electrons. The summed E-state index contributed by atoms with van der Waals surface area (Å²) in [6, 6.07) is 0. The van der Waals surface area contributed by atoms with Gasteiger partial charge >= 0.3 is 11.9 Å². The highest BCUT2D eigenvalue weighted by molar-refractivity contribution is 5.80. The van der Waals surface area contributed by atoms with E-state index in [9.17, 15) is 9.59 Å². The van der Waals surface area contributed by atoms with Gasteiger partial charge < -0.3 is 9.47 Å². The normalized spacial score (nSPS) is 37.3. The summed E-state index contributed by atoms with van der Waals surface area (Å²) in [5.41, 5.74) is -0.326. The number of methoxy groups -OCH3 is 1. The predicted molar refractivity (Wildman–Crippen MR) is 107 cm³/mol. The number of carbonyl (C=O) groups is 2. The molecule has 7 atom stereocenters. The van der Waals surface area contributed by atoms with Crippen molar-refractivity contribution in [1.29, 1.82) is 0 Å².